The summed E-state index contributed by atoms with van der Waals surface area (Å²) < 4.78 is 5.82. The Hall–Kier alpha value is -0.0400. The van der Waals surface area contributed by atoms with E-state index < -0.39 is 0 Å². The van der Waals surface area contributed by atoms with Crippen LogP contribution in [0.2, 0.25) is 0 Å². The van der Waals surface area contributed by atoms with Crippen LogP contribution in [0.25, 0.3) is 0 Å². The van der Waals surface area contributed by atoms with Crippen molar-refractivity contribution in [1.29, 1.82) is 0 Å². The maximum absolute atomic E-state index is 5.82. The van der Waals surface area contributed by atoms with Gasteiger partial charge in [0.15, 0.2) is 0 Å². The highest BCUT2D eigenvalue weighted by molar-refractivity contribution is 4.56. The summed E-state index contributed by atoms with van der Waals surface area (Å²) in [4.78, 5) is 0. The van der Waals surface area contributed by atoms with E-state index in [0.717, 1.165) is 19.1 Å². The molecular formula is C17H36O. The Kier molecular flexibility index (Phi) is 15.0. The zero-order chi connectivity index (χ0) is 13.5. The van der Waals surface area contributed by atoms with Crippen LogP contribution < -0.4 is 0 Å². The third-order valence-corrected chi connectivity index (χ3v) is 3.79. The standard InChI is InChI=1S/C17H36O/c1-4-7-9-10-11-13-15-18-16-17(6-3)14-12-8-5-2/h17H,4-16H2,1-3H3. The zero-order valence-electron chi connectivity index (χ0n) is 13.2. The summed E-state index contributed by atoms with van der Waals surface area (Å²) in [6.45, 7) is 8.82. The Bertz CT molecular complexity index is 145. The van der Waals surface area contributed by atoms with E-state index in [2.05, 4.69) is 20.8 Å². The number of hydrogen-bond acceptors (Lipinski definition) is 1. The first-order chi connectivity index (χ1) is 8.85. The van der Waals surface area contributed by atoms with Crippen molar-refractivity contribution >= 4 is 0 Å². The molecule has 1 unspecified atom stereocenters. The minimum atomic E-state index is 0.802. The van der Waals surface area contributed by atoms with Crippen molar-refractivity contribution in [2.45, 2.75) is 91.4 Å². The van der Waals surface area contributed by atoms with Gasteiger partial charge in [0.05, 0.1) is 0 Å². The van der Waals surface area contributed by atoms with E-state index in [1.807, 2.05) is 0 Å². The summed E-state index contributed by atoms with van der Waals surface area (Å²) >= 11 is 0. The maximum Gasteiger partial charge on any atom is 0.0494 e. The molecule has 0 spiro atoms. The van der Waals surface area contributed by atoms with Crippen molar-refractivity contribution in [3.05, 3.63) is 0 Å². The van der Waals surface area contributed by atoms with Gasteiger partial charge in [-0.1, -0.05) is 78.6 Å². The Labute approximate surface area is 116 Å². The van der Waals surface area contributed by atoms with Crippen molar-refractivity contribution in [3.63, 3.8) is 0 Å². The smallest absolute Gasteiger partial charge is 0.0494 e. The van der Waals surface area contributed by atoms with E-state index in [9.17, 15) is 0 Å². The van der Waals surface area contributed by atoms with Gasteiger partial charge in [0.1, 0.15) is 0 Å². The minimum absolute atomic E-state index is 0.802. The van der Waals surface area contributed by atoms with E-state index in [4.69, 9.17) is 4.74 Å². The number of ether oxygens (including phenoxy) is 1. The molecule has 1 atom stereocenters. The molecule has 0 aliphatic carbocycles. The Balaban J connectivity index is 3.23. The summed E-state index contributed by atoms with van der Waals surface area (Å²) in [7, 11) is 0. The lowest BCUT2D eigenvalue weighted by atomic mass is 10.00. The van der Waals surface area contributed by atoms with Crippen LogP contribution >= 0.6 is 0 Å². The molecule has 1 nitrogen and oxygen atoms in total. The number of rotatable bonds is 14. The van der Waals surface area contributed by atoms with Gasteiger partial charge in [-0.05, 0) is 18.8 Å². The lowest BCUT2D eigenvalue weighted by molar-refractivity contribution is 0.0906. The van der Waals surface area contributed by atoms with Crippen LogP contribution in [-0.2, 0) is 4.74 Å². The third kappa shape index (κ3) is 12.4. The molecule has 110 valence electrons. The van der Waals surface area contributed by atoms with Crippen LogP contribution in [0.4, 0.5) is 0 Å². The predicted molar refractivity (Wildman–Crippen MR) is 82.1 cm³/mol. The molecule has 18 heavy (non-hydrogen) atoms. The molecule has 0 fully saturated rings. The Morgan fingerprint density at radius 2 is 1.33 bits per heavy atom. The molecule has 0 saturated heterocycles. The fraction of sp³-hybridized carbons (Fsp3) is 1.00. The van der Waals surface area contributed by atoms with Gasteiger partial charge in [-0.15, -0.1) is 0 Å². The molecule has 0 aliphatic rings. The summed E-state index contributed by atoms with van der Waals surface area (Å²) in [6.07, 6.45) is 14.9. The monoisotopic (exact) mass is 256 g/mol. The molecule has 0 bridgehead atoms. The van der Waals surface area contributed by atoms with Crippen molar-refractivity contribution in [2.75, 3.05) is 13.2 Å². The fourth-order valence-electron chi connectivity index (χ4n) is 2.32. The topological polar surface area (TPSA) is 9.23 Å². The SMILES string of the molecule is CCCCCCCCOCC(CC)CCCCC. The third-order valence-electron chi connectivity index (χ3n) is 3.79. The molecule has 0 heterocycles. The Morgan fingerprint density at radius 1 is 0.722 bits per heavy atom. The van der Waals surface area contributed by atoms with Crippen molar-refractivity contribution in [1.82, 2.24) is 0 Å². The van der Waals surface area contributed by atoms with Crippen LogP contribution in [-0.4, -0.2) is 13.2 Å². The predicted octanol–water partition coefficient (Wildman–Crippen LogP) is 5.97. The molecule has 0 N–H and O–H groups in total. The molecule has 0 aromatic rings. The van der Waals surface area contributed by atoms with Crippen LogP contribution in [0, 0.1) is 5.92 Å². The largest absolute Gasteiger partial charge is 0.381 e. The highest BCUT2D eigenvalue weighted by Gasteiger charge is 2.05. The number of hydrogen-bond donors (Lipinski definition) is 0. The van der Waals surface area contributed by atoms with Gasteiger partial charge >= 0.3 is 0 Å². The first kappa shape index (κ1) is 18.0. The highest BCUT2D eigenvalue weighted by atomic mass is 16.5. The van der Waals surface area contributed by atoms with Gasteiger partial charge in [-0.2, -0.15) is 0 Å². The van der Waals surface area contributed by atoms with Gasteiger partial charge < -0.3 is 4.74 Å². The maximum atomic E-state index is 5.82. The molecule has 0 aromatic carbocycles. The highest BCUT2D eigenvalue weighted by Crippen LogP contribution is 2.14. The van der Waals surface area contributed by atoms with Gasteiger partial charge in [-0.3, -0.25) is 0 Å². The van der Waals surface area contributed by atoms with Crippen LogP contribution in [0.15, 0.2) is 0 Å². The number of unbranched alkanes of at least 4 members (excludes halogenated alkanes) is 7. The van der Waals surface area contributed by atoms with Crippen molar-refractivity contribution in [2.24, 2.45) is 5.92 Å². The Morgan fingerprint density at radius 3 is 2.00 bits per heavy atom. The summed E-state index contributed by atoms with van der Waals surface area (Å²) in [5.74, 6) is 0.802. The quantitative estimate of drug-likeness (QED) is 0.348. The van der Waals surface area contributed by atoms with Gasteiger partial charge in [0.2, 0.25) is 0 Å². The zero-order valence-corrected chi connectivity index (χ0v) is 13.2. The lowest BCUT2D eigenvalue weighted by Gasteiger charge is -2.14. The second-order valence-corrected chi connectivity index (χ2v) is 5.61. The van der Waals surface area contributed by atoms with E-state index in [-0.39, 0.29) is 0 Å². The summed E-state index contributed by atoms with van der Waals surface area (Å²) in [6, 6.07) is 0. The second-order valence-electron chi connectivity index (χ2n) is 5.61. The molecule has 0 amide bonds. The van der Waals surface area contributed by atoms with Gasteiger partial charge in [-0.25, -0.2) is 0 Å². The molecule has 0 aliphatic heterocycles. The van der Waals surface area contributed by atoms with E-state index in [1.165, 1.54) is 70.6 Å². The average Bonchev–Trinajstić information content (AvgIpc) is 2.40. The van der Waals surface area contributed by atoms with E-state index in [0.29, 0.717) is 0 Å². The average molecular weight is 256 g/mol. The summed E-state index contributed by atoms with van der Waals surface area (Å²) in [5, 5.41) is 0. The molecule has 0 saturated carbocycles. The van der Waals surface area contributed by atoms with E-state index in [1.54, 1.807) is 0 Å². The normalized spacial score (nSPS) is 12.8. The first-order valence-electron chi connectivity index (χ1n) is 8.42. The molecule has 0 aromatic heterocycles. The first-order valence-corrected chi connectivity index (χ1v) is 8.42. The minimum Gasteiger partial charge on any atom is -0.381 e. The van der Waals surface area contributed by atoms with Crippen LogP contribution in [0.1, 0.15) is 91.4 Å². The molecule has 0 rings (SSSR count). The molecule has 1 heteroatoms. The van der Waals surface area contributed by atoms with Gasteiger partial charge in [0.25, 0.3) is 0 Å². The summed E-state index contributed by atoms with van der Waals surface area (Å²) in [5.41, 5.74) is 0. The second kappa shape index (κ2) is 15.0. The lowest BCUT2D eigenvalue weighted by Crippen LogP contribution is -2.09. The fourth-order valence-corrected chi connectivity index (χ4v) is 2.32. The van der Waals surface area contributed by atoms with Crippen LogP contribution in [0.3, 0.4) is 0 Å². The molecular weight excluding hydrogens is 220 g/mol. The van der Waals surface area contributed by atoms with Crippen molar-refractivity contribution < 1.29 is 4.74 Å². The van der Waals surface area contributed by atoms with Crippen LogP contribution in [0.5, 0.6) is 0 Å². The van der Waals surface area contributed by atoms with E-state index >= 15 is 0 Å². The molecule has 0 radical (unpaired) electrons. The van der Waals surface area contributed by atoms with Gasteiger partial charge in [0, 0.05) is 13.2 Å². The van der Waals surface area contributed by atoms with Crippen molar-refractivity contribution in [3.8, 4) is 0 Å².